The van der Waals surface area contributed by atoms with Crippen molar-refractivity contribution >= 4 is 53.2 Å². The number of nitrogens with zero attached hydrogens (tertiary/aromatic N) is 3. The minimum absolute atomic E-state index is 0. The largest absolute Gasteiger partial charge is 0.369 e. The van der Waals surface area contributed by atoms with Gasteiger partial charge in [-0.15, -0.1) is 12.4 Å². The van der Waals surface area contributed by atoms with Crippen molar-refractivity contribution in [3.05, 3.63) is 46.2 Å². The highest BCUT2D eigenvalue weighted by Crippen LogP contribution is 2.14. The zero-order valence-corrected chi connectivity index (χ0v) is 12.8. The number of nitrogens with one attached hydrogen (secondary N) is 1. The molecule has 0 aliphatic carbocycles. The monoisotopic (exact) mass is 331 g/mol. The van der Waals surface area contributed by atoms with Crippen LogP contribution in [0.1, 0.15) is 5.69 Å². The van der Waals surface area contributed by atoms with E-state index < -0.39 is 0 Å². The molecule has 8 heteroatoms. The molecule has 5 nitrogen and oxygen atoms in total. The number of rotatable bonds is 2. The fraction of sp³-hybridized carbons (Fsp3) is 0.0833. The van der Waals surface area contributed by atoms with Crippen LogP contribution in [0.15, 0.2) is 35.3 Å². The van der Waals surface area contributed by atoms with Crippen molar-refractivity contribution in [1.29, 1.82) is 0 Å². The highest BCUT2D eigenvalue weighted by atomic mass is 35.5. The maximum atomic E-state index is 5.81. The predicted molar refractivity (Wildman–Crippen MR) is 85.4 cm³/mol. The maximum absolute atomic E-state index is 5.81. The van der Waals surface area contributed by atoms with Crippen LogP contribution in [0.25, 0.3) is 0 Å². The molecular weight excluding hydrogens is 321 g/mol. The van der Waals surface area contributed by atoms with Crippen molar-refractivity contribution in [3.63, 3.8) is 0 Å². The zero-order chi connectivity index (χ0) is 13.8. The molecule has 2 aromatic rings. The molecule has 0 bridgehead atoms. The third kappa shape index (κ3) is 4.85. The lowest BCUT2D eigenvalue weighted by molar-refractivity contribution is 1.08. The number of aliphatic imine (C=N–C) groups is 1. The molecule has 20 heavy (non-hydrogen) atoms. The van der Waals surface area contributed by atoms with Crippen molar-refractivity contribution in [2.24, 2.45) is 10.7 Å². The molecule has 2 rings (SSSR count). The summed E-state index contributed by atoms with van der Waals surface area (Å²) in [5.41, 5.74) is 7.25. The number of guanidine groups is 1. The lowest BCUT2D eigenvalue weighted by atomic mass is 10.3. The maximum Gasteiger partial charge on any atom is 0.254 e. The second-order valence-corrected chi connectivity index (χ2v) is 4.58. The van der Waals surface area contributed by atoms with E-state index in [1.54, 1.807) is 37.3 Å². The van der Waals surface area contributed by atoms with E-state index >= 15 is 0 Å². The Bertz CT molecular complexity index is 593. The molecule has 0 aliphatic rings. The van der Waals surface area contributed by atoms with Gasteiger partial charge in [0.15, 0.2) is 0 Å². The van der Waals surface area contributed by atoms with Crippen LogP contribution in [0.2, 0.25) is 10.2 Å². The third-order valence-corrected chi connectivity index (χ3v) is 2.59. The van der Waals surface area contributed by atoms with Crippen LogP contribution >= 0.6 is 35.6 Å². The first-order valence-electron chi connectivity index (χ1n) is 5.41. The minimum Gasteiger partial charge on any atom is -0.369 e. The molecule has 1 aromatic heterocycles. The van der Waals surface area contributed by atoms with Crippen molar-refractivity contribution in [2.45, 2.75) is 6.92 Å². The molecule has 0 amide bonds. The van der Waals surface area contributed by atoms with Gasteiger partial charge < -0.3 is 11.1 Å². The average Bonchev–Trinajstić information content (AvgIpc) is 2.30. The van der Waals surface area contributed by atoms with Gasteiger partial charge in [0.05, 0.1) is 0 Å². The summed E-state index contributed by atoms with van der Waals surface area (Å²) in [5, 5.41) is 3.88. The van der Waals surface area contributed by atoms with Crippen LogP contribution in [-0.4, -0.2) is 15.9 Å². The molecular formula is C12H12Cl3N5. The molecule has 0 fully saturated rings. The van der Waals surface area contributed by atoms with Gasteiger partial charge in [-0.2, -0.15) is 9.98 Å². The van der Waals surface area contributed by atoms with Gasteiger partial charge in [0, 0.05) is 16.4 Å². The molecule has 0 saturated heterocycles. The number of anilines is 1. The fourth-order valence-corrected chi connectivity index (χ4v) is 1.74. The summed E-state index contributed by atoms with van der Waals surface area (Å²) in [6, 6.07) is 8.71. The summed E-state index contributed by atoms with van der Waals surface area (Å²) in [5.74, 6) is 0.382. The molecule has 1 heterocycles. The van der Waals surface area contributed by atoms with Gasteiger partial charge >= 0.3 is 0 Å². The van der Waals surface area contributed by atoms with Gasteiger partial charge in [-0.25, -0.2) is 4.98 Å². The van der Waals surface area contributed by atoms with Gasteiger partial charge in [0.25, 0.3) is 5.95 Å². The minimum atomic E-state index is 0. The summed E-state index contributed by atoms with van der Waals surface area (Å²) in [4.78, 5) is 12.1. The number of benzene rings is 1. The molecule has 1 aromatic carbocycles. The van der Waals surface area contributed by atoms with E-state index in [0.29, 0.717) is 10.2 Å². The molecule has 0 atom stereocenters. The molecule has 0 saturated carbocycles. The van der Waals surface area contributed by atoms with Gasteiger partial charge in [-0.05, 0) is 37.3 Å². The molecule has 0 spiro atoms. The average molecular weight is 333 g/mol. The number of aryl methyl sites for hydroxylation is 1. The molecule has 0 radical (unpaired) electrons. The van der Waals surface area contributed by atoms with Crippen molar-refractivity contribution < 1.29 is 0 Å². The first kappa shape index (κ1) is 16.5. The first-order chi connectivity index (χ1) is 9.02. The van der Waals surface area contributed by atoms with E-state index in [1.807, 2.05) is 0 Å². The Balaban J connectivity index is 0.00000200. The lowest BCUT2D eigenvalue weighted by Crippen LogP contribution is -2.22. The van der Waals surface area contributed by atoms with Crippen LogP contribution in [0.4, 0.5) is 11.6 Å². The van der Waals surface area contributed by atoms with Crippen molar-refractivity contribution in [3.8, 4) is 0 Å². The quantitative estimate of drug-likeness (QED) is 0.501. The number of nitrogens with two attached hydrogens (primary N) is 1. The smallest absolute Gasteiger partial charge is 0.254 e. The zero-order valence-electron chi connectivity index (χ0n) is 10.5. The van der Waals surface area contributed by atoms with E-state index in [0.717, 1.165) is 11.4 Å². The van der Waals surface area contributed by atoms with Crippen LogP contribution in [0.3, 0.4) is 0 Å². The van der Waals surface area contributed by atoms with Crippen LogP contribution in [0.5, 0.6) is 0 Å². The molecule has 106 valence electrons. The normalized spacial score (nSPS) is 10.8. The van der Waals surface area contributed by atoms with E-state index in [2.05, 4.69) is 20.3 Å². The number of aromatic nitrogens is 2. The second kappa shape index (κ2) is 7.28. The van der Waals surface area contributed by atoms with Crippen molar-refractivity contribution in [2.75, 3.05) is 5.32 Å². The number of hydrogen-bond acceptors (Lipinski definition) is 3. The summed E-state index contributed by atoms with van der Waals surface area (Å²) in [7, 11) is 0. The lowest BCUT2D eigenvalue weighted by Gasteiger charge is -2.05. The van der Waals surface area contributed by atoms with Crippen LogP contribution < -0.4 is 11.1 Å². The Labute approximate surface area is 132 Å². The highest BCUT2D eigenvalue weighted by molar-refractivity contribution is 6.30. The van der Waals surface area contributed by atoms with Gasteiger partial charge in [0.1, 0.15) is 5.15 Å². The predicted octanol–water partition coefficient (Wildman–Crippen LogP) is 3.57. The first-order valence-corrected chi connectivity index (χ1v) is 6.16. The van der Waals surface area contributed by atoms with E-state index in [9.17, 15) is 0 Å². The SMILES string of the molecule is Cc1cc(Cl)nc(/N=C(\N)Nc2ccc(Cl)cc2)n1.Cl. The fourth-order valence-electron chi connectivity index (χ4n) is 1.38. The second-order valence-electron chi connectivity index (χ2n) is 3.76. The van der Waals surface area contributed by atoms with Gasteiger partial charge in [-0.1, -0.05) is 23.2 Å². The highest BCUT2D eigenvalue weighted by Gasteiger charge is 2.01. The summed E-state index contributed by atoms with van der Waals surface area (Å²) < 4.78 is 0. The topological polar surface area (TPSA) is 76.2 Å². The Hall–Kier alpha value is -1.56. The van der Waals surface area contributed by atoms with E-state index in [1.165, 1.54) is 0 Å². The van der Waals surface area contributed by atoms with E-state index in [-0.39, 0.29) is 24.3 Å². The Morgan fingerprint density at radius 3 is 2.45 bits per heavy atom. The van der Waals surface area contributed by atoms with Gasteiger partial charge in [0.2, 0.25) is 5.96 Å². The van der Waals surface area contributed by atoms with Gasteiger partial charge in [-0.3, -0.25) is 0 Å². The summed E-state index contributed by atoms with van der Waals surface area (Å²) >= 11 is 11.6. The molecule has 3 N–H and O–H groups in total. The summed E-state index contributed by atoms with van der Waals surface area (Å²) in [6.07, 6.45) is 0. The van der Waals surface area contributed by atoms with Crippen LogP contribution in [0, 0.1) is 6.92 Å². The number of halogens is 3. The third-order valence-electron chi connectivity index (χ3n) is 2.15. The Kier molecular flexibility index (Phi) is 6.01. The molecule has 0 aliphatic heterocycles. The Morgan fingerprint density at radius 1 is 1.20 bits per heavy atom. The summed E-state index contributed by atoms with van der Waals surface area (Å²) in [6.45, 7) is 1.80. The van der Waals surface area contributed by atoms with E-state index in [4.69, 9.17) is 28.9 Å². The Morgan fingerprint density at radius 2 is 1.85 bits per heavy atom. The standard InChI is InChI=1S/C12H11Cl2N5.ClH/c1-7-6-10(14)18-12(16-7)19-11(15)17-9-4-2-8(13)3-5-9;/h2-6H,1H3,(H3,15,16,17,18,19);1H. The van der Waals surface area contributed by atoms with Crippen molar-refractivity contribution in [1.82, 2.24) is 9.97 Å². The van der Waals surface area contributed by atoms with Crippen LogP contribution in [-0.2, 0) is 0 Å². The molecule has 0 unspecified atom stereocenters. The number of hydrogen-bond donors (Lipinski definition) is 2.